The van der Waals surface area contributed by atoms with Gasteiger partial charge in [0.25, 0.3) is 5.56 Å². The highest BCUT2D eigenvalue weighted by Crippen LogP contribution is 2.34. The van der Waals surface area contributed by atoms with Gasteiger partial charge < -0.3 is 5.32 Å². The maximum Gasteiger partial charge on any atom is 0.416 e. The van der Waals surface area contributed by atoms with Crippen LogP contribution in [0, 0.1) is 0 Å². The number of nitrogens with zero attached hydrogens (tertiary/aromatic N) is 4. The summed E-state index contributed by atoms with van der Waals surface area (Å²) in [7, 11) is 1.57. The third kappa shape index (κ3) is 3.98. The summed E-state index contributed by atoms with van der Waals surface area (Å²) in [6.07, 6.45) is -4.56. The van der Waals surface area contributed by atoms with Crippen molar-refractivity contribution in [3.63, 3.8) is 0 Å². The van der Waals surface area contributed by atoms with Gasteiger partial charge in [0.1, 0.15) is 0 Å². The molecule has 0 saturated heterocycles. The van der Waals surface area contributed by atoms with E-state index in [9.17, 15) is 22.8 Å². The number of amides is 1. The number of aromatic nitrogens is 4. The van der Waals surface area contributed by atoms with E-state index in [1.165, 1.54) is 4.57 Å². The molecule has 1 amide bonds. The van der Waals surface area contributed by atoms with E-state index < -0.39 is 17.6 Å². The van der Waals surface area contributed by atoms with Gasteiger partial charge in [-0.2, -0.15) is 13.2 Å². The number of anilines is 1. The molecule has 0 radical (unpaired) electrons. The fraction of sp³-hybridized carbons (Fsp3) is 0.158. The molecule has 160 valence electrons. The van der Waals surface area contributed by atoms with Crippen LogP contribution in [0.1, 0.15) is 5.56 Å². The van der Waals surface area contributed by atoms with Crippen molar-refractivity contribution in [3.8, 4) is 0 Å². The van der Waals surface area contributed by atoms with Crippen molar-refractivity contribution < 1.29 is 18.0 Å². The van der Waals surface area contributed by atoms with Crippen molar-refractivity contribution in [2.45, 2.75) is 11.3 Å². The number of benzene rings is 2. The summed E-state index contributed by atoms with van der Waals surface area (Å²) >= 11 is 6.94. The van der Waals surface area contributed by atoms with E-state index >= 15 is 0 Å². The molecular weight excluding hydrogens is 455 g/mol. The van der Waals surface area contributed by atoms with Gasteiger partial charge in [0.05, 0.1) is 32.9 Å². The third-order valence-corrected chi connectivity index (χ3v) is 5.75. The number of alkyl halides is 3. The van der Waals surface area contributed by atoms with Gasteiger partial charge in [-0.05, 0) is 30.3 Å². The lowest BCUT2D eigenvalue weighted by atomic mass is 10.2. The summed E-state index contributed by atoms with van der Waals surface area (Å²) in [5, 5.41) is 11.3. The van der Waals surface area contributed by atoms with E-state index in [2.05, 4.69) is 15.5 Å². The molecule has 4 rings (SSSR count). The second-order valence-corrected chi connectivity index (χ2v) is 7.88. The number of carbonyl (C=O) groups excluding carboxylic acids is 1. The second kappa shape index (κ2) is 7.89. The Labute approximate surface area is 181 Å². The normalized spacial score (nSPS) is 11.9. The molecule has 0 unspecified atom stereocenters. The Hall–Kier alpha value is -3.05. The lowest BCUT2D eigenvalue weighted by Crippen LogP contribution is -2.20. The number of para-hydroxylation sites is 1. The van der Waals surface area contributed by atoms with E-state index in [1.807, 2.05) is 0 Å². The largest absolute Gasteiger partial charge is 0.416 e. The molecule has 0 fully saturated rings. The van der Waals surface area contributed by atoms with Crippen molar-refractivity contribution in [3.05, 3.63) is 63.4 Å². The number of fused-ring (bicyclic) bond motifs is 3. The smallest absolute Gasteiger partial charge is 0.324 e. The van der Waals surface area contributed by atoms with Gasteiger partial charge in [-0.3, -0.25) is 18.6 Å². The number of halogens is 4. The van der Waals surface area contributed by atoms with Gasteiger partial charge in [0.2, 0.25) is 11.7 Å². The first-order valence-electron chi connectivity index (χ1n) is 8.79. The predicted octanol–water partition coefficient (Wildman–Crippen LogP) is 3.98. The van der Waals surface area contributed by atoms with Crippen LogP contribution < -0.4 is 10.9 Å². The SMILES string of the molecule is Cn1c(=O)c2ccccc2n2c(SCC(=O)Nc3cc(C(F)(F)F)ccc3Cl)nnc12. The summed E-state index contributed by atoms with van der Waals surface area (Å²) in [6, 6.07) is 9.60. The summed E-state index contributed by atoms with van der Waals surface area (Å²) in [4.78, 5) is 24.8. The zero-order chi connectivity index (χ0) is 22.3. The highest BCUT2D eigenvalue weighted by Gasteiger charge is 2.31. The molecule has 0 aliphatic carbocycles. The average molecular weight is 468 g/mol. The molecule has 0 bridgehead atoms. The first-order chi connectivity index (χ1) is 14.7. The Morgan fingerprint density at radius 3 is 2.68 bits per heavy atom. The molecule has 0 spiro atoms. The number of rotatable bonds is 4. The van der Waals surface area contributed by atoms with Crippen LogP contribution in [0.3, 0.4) is 0 Å². The van der Waals surface area contributed by atoms with Crippen LogP contribution in [0.5, 0.6) is 0 Å². The van der Waals surface area contributed by atoms with Crippen LogP contribution in [0.4, 0.5) is 18.9 Å². The first kappa shape index (κ1) is 21.2. The molecule has 0 aliphatic rings. The van der Waals surface area contributed by atoms with Crippen LogP contribution in [0.15, 0.2) is 52.4 Å². The second-order valence-electron chi connectivity index (χ2n) is 6.53. The topological polar surface area (TPSA) is 81.3 Å². The molecule has 0 aliphatic heterocycles. The van der Waals surface area contributed by atoms with E-state index in [0.29, 0.717) is 21.8 Å². The Morgan fingerprint density at radius 1 is 1.19 bits per heavy atom. The van der Waals surface area contributed by atoms with Gasteiger partial charge >= 0.3 is 6.18 Å². The summed E-state index contributed by atoms with van der Waals surface area (Å²) < 4.78 is 41.7. The number of hydrogen-bond acceptors (Lipinski definition) is 5. The lowest BCUT2D eigenvalue weighted by molar-refractivity contribution is -0.137. The molecule has 0 saturated carbocycles. The van der Waals surface area contributed by atoms with Crippen molar-refractivity contribution >= 4 is 51.6 Å². The summed E-state index contributed by atoms with van der Waals surface area (Å²) in [5.41, 5.74) is -0.713. The Balaban J connectivity index is 1.59. The zero-order valence-electron chi connectivity index (χ0n) is 15.8. The van der Waals surface area contributed by atoms with Crippen LogP contribution in [-0.4, -0.2) is 30.8 Å². The molecule has 2 aromatic carbocycles. The van der Waals surface area contributed by atoms with Crippen LogP contribution in [0.25, 0.3) is 16.7 Å². The molecule has 31 heavy (non-hydrogen) atoms. The summed E-state index contributed by atoms with van der Waals surface area (Å²) in [6.45, 7) is 0. The van der Waals surface area contributed by atoms with E-state index in [1.54, 1.807) is 35.7 Å². The minimum absolute atomic E-state index is 0.0136. The Bertz CT molecular complexity index is 1380. The number of hydrogen-bond donors (Lipinski definition) is 1. The molecule has 2 aromatic heterocycles. The molecule has 12 heteroatoms. The number of nitrogens with one attached hydrogen (secondary N) is 1. The maximum absolute atomic E-state index is 12.9. The number of aryl methyl sites for hydroxylation is 1. The summed E-state index contributed by atoms with van der Waals surface area (Å²) in [5.74, 6) is -0.436. The average Bonchev–Trinajstić information content (AvgIpc) is 3.15. The highest BCUT2D eigenvalue weighted by molar-refractivity contribution is 7.99. The predicted molar refractivity (Wildman–Crippen MR) is 112 cm³/mol. The van der Waals surface area contributed by atoms with Crippen LogP contribution in [-0.2, 0) is 18.0 Å². The van der Waals surface area contributed by atoms with E-state index in [-0.39, 0.29) is 22.0 Å². The number of thioether (sulfide) groups is 1. The van der Waals surface area contributed by atoms with Gasteiger partial charge in [-0.25, -0.2) is 0 Å². The van der Waals surface area contributed by atoms with Gasteiger partial charge in [0.15, 0.2) is 5.16 Å². The van der Waals surface area contributed by atoms with E-state index in [4.69, 9.17) is 11.6 Å². The minimum atomic E-state index is -4.56. The molecular formula is C19H13ClF3N5O2S. The van der Waals surface area contributed by atoms with Crippen LogP contribution in [0.2, 0.25) is 5.02 Å². The molecule has 0 atom stereocenters. The van der Waals surface area contributed by atoms with Gasteiger partial charge in [0, 0.05) is 7.05 Å². The highest BCUT2D eigenvalue weighted by atomic mass is 35.5. The van der Waals surface area contributed by atoms with Gasteiger partial charge in [-0.15, -0.1) is 10.2 Å². The van der Waals surface area contributed by atoms with Crippen molar-refractivity contribution in [2.24, 2.45) is 7.05 Å². The molecule has 2 heterocycles. The Kier molecular flexibility index (Phi) is 5.40. The molecule has 1 N–H and O–H groups in total. The lowest BCUT2D eigenvalue weighted by Gasteiger charge is -2.11. The van der Waals surface area contributed by atoms with Crippen molar-refractivity contribution in [2.75, 3.05) is 11.1 Å². The van der Waals surface area contributed by atoms with Crippen molar-refractivity contribution in [1.29, 1.82) is 0 Å². The first-order valence-corrected chi connectivity index (χ1v) is 10.2. The minimum Gasteiger partial charge on any atom is -0.324 e. The monoisotopic (exact) mass is 467 g/mol. The number of carbonyl (C=O) groups is 1. The Morgan fingerprint density at radius 2 is 1.94 bits per heavy atom. The van der Waals surface area contributed by atoms with Gasteiger partial charge in [-0.1, -0.05) is 35.5 Å². The fourth-order valence-corrected chi connectivity index (χ4v) is 3.92. The zero-order valence-corrected chi connectivity index (χ0v) is 17.3. The standard InChI is InChI=1S/C19H13ClF3N5O2S/c1-27-16(30)11-4-2-3-5-14(11)28-17(27)25-26-18(28)31-9-15(29)24-13-8-10(19(21,22)23)6-7-12(13)20/h2-8H,9H2,1H3,(H,24,29). The third-order valence-electron chi connectivity index (χ3n) is 4.50. The van der Waals surface area contributed by atoms with Crippen molar-refractivity contribution in [1.82, 2.24) is 19.2 Å². The van der Waals surface area contributed by atoms with E-state index in [0.717, 1.165) is 30.0 Å². The van der Waals surface area contributed by atoms with Crippen LogP contribution >= 0.6 is 23.4 Å². The fourth-order valence-electron chi connectivity index (χ4n) is 3.02. The quantitative estimate of drug-likeness (QED) is 0.459. The molecule has 4 aromatic rings. The maximum atomic E-state index is 12.9. The molecule has 7 nitrogen and oxygen atoms in total.